The highest BCUT2D eigenvalue weighted by molar-refractivity contribution is 7.93. The monoisotopic (exact) mass is 315 g/mol. The molecule has 0 radical (unpaired) electrons. The molecular formula is C13H14FNO5S. The van der Waals surface area contributed by atoms with Gasteiger partial charge in [0.25, 0.3) is 0 Å². The molecule has 1 aromatic rings. The van der Waals surface area contributed by atoms with Crippen molar-refractivity contribution in [2.75, 3.05) is 24.2 Å². The molecule has 0 bridgehead atoms. The molecule has 0 aromatic heterocycles. The van der Waals surface area contributed by atoms with E-state index in [0.29, 0.717) is 0 Å². The van der Waals surface area contributed by atoms with Crippen LogP contribution in [0.3, 0.4) is 0 Å². The zero-order valence-corrected chi connectivity index (χ0v) is 12.0. The van der Waals surface area contributed by atoms with Crippen molar-refractivity contribution in [3.8, 4) is 11.8 Å². The summed E-state index contributed by atoms with van der Waals surface area (Å²) in [6.45, 7) is -0.161. The van der Waals surface area contributed by atoms with Gasteiger partial charge in [0.2, 0.25) is 10.0 Å². The van der Waals surface area contributed by atoms with E-state index in [9.17, 15) is 17.6 Å². The molecule has 0 amide bonds. The first-order valence-electron chi connectivity index (χ1n) is 5.84. The minimum atomic E-state index is -3.98. The first-order valence-corrected chi connectivity index (χ1v) is 7.50. The van der Waals surface area contributed by atoms with Crippen LogP contribution in [0.25, 0.3) is 0 Å². The van der Waals surface area contributed by atoms with Crippen LogP contribution in [0.2, 0.25) is 0 Å². The van der Waals surface area contributed by atoms with Crippen LogP contribution in [0, 0.1) is 17.7 Å². The third-order valence-corrected chi connectivity index (χ3v) is 3.39. The fourth-order valence-electron chi connectivity index (χ4n) is 1.34. The summed E-state index contributed by atoms with van der Waals surface area (Å²) in [6, 6.07) is 3.32. The second-order valence-corrected chi connectivity index (χ2v) is 5.62. The van der Waals surface area contributed by atoms with Crippen molar-refractivity contribution >= 4 is 21.7 Å². The Hall–Kier alpha value is -2.11. The van der Waals surface area contributed by atoms with Gasteiger partial charge in [0.05, 0.1) is 25.0 Å². The number of sulfonamides is 1. The second-order valence-electron chi connectivity index (χ2n) is 3.90. The Morgan fingerprint density at radius 2 is 2.19 bits per heavy atom. The van der Waals surface area contributed by atoms with Crippen molar-refractivity contribution in [3.63, 3.8) is 0 Å². The molecule has 1 aromatic carbocycles. The van der Waals surface area contributed by atoms with Crippen molar-refractivity contribution in [3.05, 3.63) is 29.6 Å². The zero-order valence-electron chi connectivity index (χ0n) is 11.2. The molecule has 0 aliphatic heterocycles. The lowest BCUT2D eigenvalue weighted by molar-refractivity contribution is -0.137. The minimum Gasteiger partial charge on any atom is -0.468 e. The fourth-order valence-corrected chi connectivity index (χ4v) is 2.35. The van der Waals surface area contributed by atoms with E-state index in [1.54, 1.807) is 0 Å². The molecule has 6 nitrogen and oxygen atoms in total. The number of esters is 1. The molecule has 0 spiro atoms. The Bertz CT molecular complexity index is 676. The van der Waals surface area contributed by atoms with Gasteiger partial charge in [-0.3, -0.25) is 9.52 Å². The van der Waals surface area contributed by atoms with Crippen LogP contribution in [0.5, 0.6) is 0 Å². The number of hydrogen-bond donors (Lipinski definition) is 2. The lowest BCUT2D eigenvalue weighted by Gasteiger charge is -2.09. The summed E-state index contributed by atoms with van der Waals surface area (Å²) in [4.78, 5) is 11.0. The van der Waals surface area contributed by atoms with Gasteiger partial charge in [-0.25, -0.2) is 12.8 Å². The number of benzene rings is 1. The van der Waals surface area contributed by atoms with Crippen LogP contribution in [-0.4, -0.2) is 39.0 Å². The smallest absolute Gasteiger partial charge is 0.322 e. The number of halogens is 1. The van der Waals surface area contributed by atoms with E-state index in [0.717, 1.165) is 19.2 Å². The lowest BCUT2D eigenvalue weighted by atomic mass is 10.2. The van der Waals surface area contributed by atoms with Crippen LogP contribution in [-0.2, 0) is 19.6 Å². The van der Waals surface area contributed by atoms with Gasteiger partial charge in [0.1, 0.15) is 5.82 Å². The van der Waals surface area contributed by atoms with Gasteiger partial charge in [0, 0.05) is 6.42 Å². The molecule has 0 aliphatic carbocycles. The SMILES string of the molecule is COC(=O)CS(=O)(=O)Nc1ccc(F)cc1C#CCCO. The van der Waals surface area contributed by atoms with Crippen molar-refractivity contribution < 1.29 is 27.4 Å². The van der Waals surface area contributed by atoms with E-state index in [-0.39, 0.29) is 24.3 Å². The van der Waals surface area contributed by atoms with Crippen LogP contribution in [0.1, 0.15) is 12.0 Å². The van der Waals surface area contributed by atoms with Gasteiger partial charge in [-0.05, 0) is 18.2 Å². The number of anilines is 1. The average Bonchev–Trinajstić information content (AvgIpc) is 2.41. The van der Waals surface area contributed by atoms with Gasteiger partial charge < -0.3 is 9.84 Å². The van der Waals surface area contributed by atoms with E-state index in [1.165, 1.54) is 6.07 Å². The summed E-state index contributed by atoms with van der Waals surface area (Å²) in [5.41, 5.74) is 0.155. The van der Waals surface area contributed by atoms with Crippen molar-refractivity contribution in [1.29, 1.82) is 0 Å². The first kappa shape index (κ1) is 16.9. The Morgan fingerprint density at radius 3 is 2.81 bits per heavy atom. The highest BCUT2D eigenvalue weighted by Crippen LogP contribution is 2.17. The zero-order chi connectivity index (χ0) is 15.9. The maximum atomic E-state index is 13.2. The summed E-state index contributed by atoms with van der Waals surface area (Å²) in [6.07, 6.45) is 0.171. The molecule has 0 unspecified atom stereocenters. The molecular weight excluding hydrogens is 301 g/mol. The highest BCUT2D eigenvalue weighted by Gasteiger charge is 2.18. The third kappa shape index (κ3) is 5.81. The maximum Gasteiger partial charge on any atom is 0.322 e. The number of rotatable bonds is 5. The number of carbonyl (C=O) groups is 1. The molecule has 1 rings (SSSR count). The van der Waals surface area contributed by atoms with E-state index < -0.39 is 27.6 Å². The van der Waals surface area contributed by atoms with Crippen molar-refractivity contribution in [2.45, 2.75) is 6.42 Å². The topological polar surface area (TPSA) is 92.7 Å². The summed E-state index contributed by atoms with van der Waals surface area (Å²) < 4.78 is 43.1. The standard InChI is InChI=1S/C13H14FNO5S/c1-20-13(17)9-21(18,19)15-12-6-5-11(14)8-10(12)4-2-3-7-16/h5-6,8,15-16H,3,7,9H2,1H3. The average molecular weight is 315 g/mol. The summed E-state index contributed by atoms with van der Waals surface area (Å²) >= 11 is 0. The van der Waals surface area contributed by atoms with Crippen LogP contribution in [0.15, 0.2) is 18.2 Å². The molecule has 8 heteroatoms. The van der Waals surface area contributed by atoms with Crippen molar-refractivity contribution in [1.82, 2.24) is 0 Å². The van der Waals surface area contributed by atoms with E-state index in [1.807, 2.05) is 0 Å². The van der Waals surface area contributed by atoms with Gasteiger partial charge in [0.15, 0.2) is 5.75 Å². The van der Waals surface area contributed by atoms with Gasteiger partial charge in [-0.1, -0.05) is 11.8 Å². The van der Waals surface area contributed by atoms with Gasteiger partial charge in [-0.2, -0.15) is 0 Å². The first-order chi connectivity index (χ1) is 9.88. The molecule has 0 saturated carbocycles. The summed E-state index contributed by atoms with van der Waals surface area (Å²) in [5.74, 6) is 2.76. The summed E-state index contributed by atoms with van der Waals surface area (Å²) in [7, 11) is -2.91. The van der Waals surface area contributed by atoms with Gasteiger partial charge in [-0.15, -0.1) is 0 Å². The summed E-state index contributed by atoms with van der Waals surface area (Å²) in [5, 5.41) is 8.64. The Labute approximate surface area is 122 Å². The maximum absolute atomic E-state index is 13.2. The molecule has 21 heavy (non-hydrogen) atoms. The highest BCUT2D eigenvalue weighted by atomic mass is 32.2. The minimum absolute atomic E-state index is 0.0470. The Balaban J connectivity index is 3.03. The molecule has 114 valence electrons. The number of carbonyl (C=O) groups excluding carboxylic acids is 1. The quantitative estimate of drug-likeness (QED) is 0.609. The number of hydrogen-bond acceptors (Lipinski definition) is 5. The van der Waals surface area contributed by atoms with E-state index >= 15 is 0 Å². The van der Waals surface area contributed by atoms with E-state index in [2.05, 4.69) is 21.3 Å². The molecule has 0 aliphatic rings. The van der Waals surface area contributed by atoms with Crippen LogP contribution < -0.4 is 4.72 Å². The molecule has 2 N–H and O–H groups in total. The largest absolute Gasteiger partial charge is 0.468 e. The molecule has 0 saturated heterocycles. The lowest BCUT2D eigenvalue weighted by Crippen LogP contribution is -2.24. The van der Waals surface area contributed by atoms with Crippen LogP contribution >= 0.6 is 0 Å². The molecule has 0 fully saturated rings. The fraction of sp³-hybridized carbons (Fsp3) is 0.308. The normalized spacial score (nSPS) is 10.4. The third-order valence-electron chi connectivity index (χ3n) is 2.24. The van der Waals surface area contributed by atoms with Crippen molar-refractivity contribution in [2.24, 2.45) is 0 Å². The number of aliphatic hydroxyl groups is 1. The number of nitrogens with one attached hydrogen (secondary N) is 1. The number of methoxy groups -OCH3 is 1. The van der Waals surface area contributed by atoms with E-state index in [4.69, 9.17) is 5.11 Å². The number of ether oxygens (including phenoxy) is 1. The number of aliphatic hydroxyl groups excluding tert-OH is 1. The molecule has 0 heterocycles. The van der Waals surface area contributed by atoms with Gasteiger partial charge >= 0.3 is 5.97 Å². The van der Waals surface area contributed by atoms with Crippen LogP contribution in [0.4, 0.5) is 10.1 Å². The molecule has 0 atom stereocenters. The Morgan fingerprint density at radius 1 is 1.48 bits per heavy atom. The predicted molar refractivity (Wildman–Crippen MR) is 74.4 cm³/mol. The second kappa shape index (κ2) is 7.61. The predicted octanol–water partition coefficient (Wildman–Crippen LogP) is 0.474. The Kier molecular flexibility index (Phi) is 6.14.